The highest BCUT2D eigenvalue weighted by Crippen LogP contribution is 2.39. The van der Waals surface area contributed by atoms with Gasteiger partial charge in [0.25, 0.3) is 0 Å². The average molecular weight is 421 g/mol. The number of aromatic nitrogens is 1. The number of nitrogens with zero attached hydrogens (tertiary/aromatic N) is 2. The topological polar surface area (TPSA) is 34.5 Å². The predicted molar refractivity (Wildman–Crippen MR) is 120 cm³/mol. The van der Waals surface area contributed by atoms with Crippen LogP contribution in [0.1, 0.15) is 48.5 Å². The molecule has 0 radical (unpaired) electrons. The maximum absolute atomic E-state index is 13.2. The minimum Gasteiger partial charge on any atom is -0.489 e. The summed E-state index contributed by atoms with van der Waals surface area (Å²) in [5.41, 5.74) is 3.20. The summed E-state index contributed by atoms with van der Waals surface area (Å²) in [7, 11) is 0. The molecule has 2 saturated heterocycles. The van der Waals surface area contributed by atoms with Crippen LogP contribution in [-0.4, -0.2) is 40.0 Å². The van der Waals surface area contributed by atoms with E-state index in [2.05, 4.69) is 22.5 Å². The molecule has 0 spiro atoms. The Hall–Kier alpha value is -2.66. The second-order valence-electron chi connectivity index (χ2n) is 9.00. The van der Waals surface area contributed by atoms with Gasteiger partial charge in [0, 0.05) is 48.7 Å². The third-order valence-corrected chi connectivity index (χ3v) is 7.02. The Morgan fingerprint density at radius 3 is 2.71 bits per heavy atom. The van der Waals surface area contributed by atoms with Crippen molar-refractivity contribution in [3.05, 3.63) is 65.6 Å². The van der Waals surface area contributed by atoms with Gasteiger partial charge in [-0.3, -0.25) is 9.69 Å². The van der Waals surface area contributed by atoms with Crippen LogP contribution in [0.25, 0.3) is 10.9 Å². The molecule has 2 fully saturated rings. The van der Waals surface area contributed by atoms with Crippen LogP contribution < -0.4 is 4.74 Å². The summed E-state index contributed by atoms with van der Waals surface area (Å²) >= 11 is 0. The zero-order valence-electron chi connectivity index (χ0n) is 18.2. The monoisotopic (exact) mass is 420 g/mol. The maximum Gasteiger partial charge on any atom is 0.161 e. The van der Waals surface area contributed by atoms with E-state index < -0.39 is 0 Å². The van der Waals surface area contributed by atoms with Crippen molar-refractivity contribution >= 4 is 16.7 Å². The fourth-order valence-electron chi connectivity index (χ4n) is 5.63. The van der Waals surface area contributed by atoms with Gasteiger partial charge in [0.05, 0.1) is 5.52 Å². The van der Waals surface area contributed by atoms with Crippen molar-refractivity contribution in [1.82, 2.24) is 9.47 Å². The van der Waals surface area contributed by atoms with E-state index in [4.69, 9.17) is 4.74 Å². The Labute approximate surface area is 182 Å². The molecule has 31 heavy (non-hydrogen) atoms. The van der Waals surface area contributed by atoms with E-state index in [0.717, 1.165) is 49.1 Å². The molecule has 1 aromatic heterocycles. The molecular weight excluding hydrogens is 391 g/mol. The van der Waals surface area contributed by atoms with Gasteiger partial charge in [0.15, 0.2) is 5.78 Å². The van der Waals surface area contributed by atoms with Crippen LogP contribution in [0.3, 0.4) is 0 Å². The predicted octanol–water partition coefficient (Wildman–Crippen LogP) is 5.37. The van der Waals surface area contributed by atoms with Gasteiger partial charge < -0.3 is 9.30 Å². The number of rotatable bonds is 7. The van der Waals surface area contributed by atoms with Crippen LogP contribution >= 0.6 is 0 Å². The number of aryl methyl sites for hydroxylation is 2. The van der Waals surface area contributed by atoms with Crippen LogP contribution in [0.4, 0.5) is 4.39 Å². The Bertz CT molecular complexity index is 1100. The zero-order valence-corrected chi connectivity index (χ0v) is 18.2. The molecule has 4 nitrogen and oxygen atoms in total. The van der Waals surface area contributed by atoms with E-state index in [9.17, 15) is 9.18 Å². The summed E-state index contributed by atoms with van der Waals surface area (Å²) in [6, 6.07) is 13.6. The number of carbonyl (C=O) groups is 1. The molecule has 3 atom stereocenters. The number of hydrogen-bond donors (Lipinski definition) is 0. The highest BCUT2D eigenvalue weighted by molar-refractivity contribution is 6.07. The van der Waals surface area contributed by atoms with E-state index in [0.29, 0.717) is 12.1 Å². The largest absolute Gasteiger partial charge is 0.489 e. The lowest BCUT2D eigenvalue weighted by atomic mass is 9.98. The van der Waals surface area contributed by atoms with Gasteiger partial charge in [-0.15, -0.1) is 0 Å². The molecule has 3 heterocycles. The summed E-state index contributed by atoms with van der Waals surface area (Å²) in [6.07, 6.45) is 6.68. The molecular formula is C26H29FN2O2. The van der Waals surface area contributed by atoms with Crippen LogP contribution in [0.2, 0.25) is 0 Å². The van der Waals surface area contributed by atoms with Gasteiger partial charge in [-0.2, -0.15) is 0 Å². The van der Waals surface area contributed by atoms with Crippen molar-refractivity contribution in [3.8, 4) is 5.75 Å². The molecule has 0 amide bonds. The van der Waals surface area contributed by atoms with Crippen LogP contribution in [-0.2, 0) is 6.54 Å². The zero-order chi connectivity index (χ0) is 21.5. The SMILES string of the molecule is CC(=O)c1cn(CCCN2C3CCC2C(Oc2ccc(F)cc2)C3)c2c(C)cccc12. The summed E-state index contributed by atoms with van der Waals surface area (Å²) in [5, 5.41) is 1.06. The van der Waals surface area contributed by atoms with E-state index in [-0.39, 0.29) is 17.7 Å². The molecule has 2 aromatic carbocycles. The Morgan fingerprint density at radius 2 is 1.94 bits per heavy atom. The number of hydrogen-bond acceptors (Lipinski definition) is 3. The van der Waals surface area contributed by atoms with Gasteiger partial charge in [0.2, 0.25) is 0 Å². The molecule has 5 heteroatoms. The van der Waals surface area contributed by atoms with Crippen molar-refractivity contribution < 1.29 is 13.9 Å². The fourth-order valence-corrected chi connectivity index (χ4v) is 5.63. The number of benzene rings is 2. The molecule has 162 valence electrons. The molecule has 2 aliphatic heterocycles. The second-order valence-corrected chi connectivity index (χ2v) is 9.00. The normalized spacial score (nSPS) is 23.0. The van der Waals surface area contributed by atoms with Gasteiger partial charge in [-0.05, 0) is 62.9 Å². The first-order valence-electron chi connectivity index (χ1n) is 11.3. The summed E-state index contributed by atoms with van der Waals surface area (Å²) in [6.45, 7) is 5.68. The quantitative estimate of drug-likeness (QED) is 0.482. The van der Waals surface area contributed by atoms with Crippen LogP contribution in [0.15, 0.2) is 48.7 Å². The third kappa shape index (κ3) is 3.76. The minimum absolute atomic E-state index is 0.118. The van der Waals surface area contributed by atoms with Crippen LogP contribution in [0.5, 0.6) is 5.75 Å². The number of Topliss-reactive ketones (excluding diaryl/α,β-unsaturated/α-hetero) is 1. The Morgan fingerprint density at radius 1 is 1.13 bits per heavy atom. The first kappa shape index (κ1) is 20.3. The number of ketones is 1. The highest BCUT2D eigenvalue weighted by Gasteiger charge is 2.47. The van der Waals surface area contributed by atoms with E-state index in [1.165, 1.54) is 29.6 Å². The standard InChI is InChI=1S/C26H29FN2O2/c1-17-5-3-6-22-23(18(2)30)16-28(26(17)22)13-4-14-29-20-9-12-24(29)25(15-20)31-21-10-7-19(27)8-11-21/h3,5-8,10-11,16,20,24-25H,4,9,12-15H2,1-2H3. The second kappa shape index (κ2) is 8.12. The van der Waals surface area contributed by atoms with Gasteiger partial charge in [-0.1, -0.05) is 18.2 Å². The molecule has 3 aromatic rings. The highest BCUT2D eigenvalue weighted by atomic mass is 19.1. The average Bonchev–Trinajstić information content (AvgIpc) is 3.41. The molecule has 2 aliphatic rings. The molecule has 2 bridgehead atoms. The molecule has 0 N–H and O–H groups in total. The Kier molecular flexibility index (Phi) is 5.30. The molecule has 0 aliphatic carbocycles. The lowest BCUT2D eigenvalue weighted by Gasteiger charge is -2.25. The lowest BCUT2D eigenvalue weighted by Crippen LogP contribution is -2.36. The van der Waals surface area contributed by atoms with Crippen molar-refractivity contribution in [2.45, 2.75) is 64.3 Å². The van der Waals surface area contributed by atoms with Crippen molar-refractivity contribution in [1.29, 1.82) is 0 Å². The van der Waals surface area contributed by atoms with Crippen molar-refractivity contribution in [2.75, 3.05) is 6.54 Å². The first-order chi connectivity index (χ1) is 15.0. The first-order valence-corrected chi connectivity index (χ1v) is 11.3. The van der Waals surface area contributed by atoms with Gasteiger partial charge in [0.1, 0.15) is 17.7 Å². The summed E-state index contributed by atoms with van der Waals surface area (Å²) in [4.78, 5) is 14.7. The van der Waals surface area contributed by atoms with Gasteiger partial charge in [-0.25, -0.2) is 4.39 Å². The molecule has 3 unspecified atom stereocenters. The van der Waals surface area contributed by atoms with E-state index in [1.54, 1.807) is 19.1 Å². The summed E-state index contributed by atoms with van der Waals surface area (Å²) in [5.74, 6) is 0.639. The van der Waals surface area contributed by atoms with Crippen LogP contribution in [0, 0.1) is 12.7 Å². The smallest absolute Gasteiger partial charge is 0.161 e. The van der Waals surface area contributed by atoms with E-state index >= 15 is 0 Å². The number of carbonyl (C=O) groups excluding carboxylic acids is 1. The third-order valence-electron chi connectivity index (χ3n) is 7.02. The number of ether oxygens (including phenoxy) is 1. The van der Waals surface area contributed by atoms with E-state index in [1.807, 2.05) is 18.3 Å². The molecule has 0 saturated carbocycles. The molecule has 5 rings (SSSR count). The Balaban J connectivity index is 1.25. The summed E-state index contributed by atoms with van der Waals surface area (Å²) < 4.78 is 21.6. The van der Waals surface area contributed by atoms with Gasteiger partial charge >= 0.3 is 0 Å². The minimum atomic E-state index is -0.234. The lowest BCUT2D eigenvalue weighted by molar-refractivity contribution is 0.101. The maximum atomic E-state index is 13.2. The number of halogens is 1. The van der Waals surface area contributed by atoms with Crippen molar-refractivity contribution in [2.24, 2.45) is 0 Å². The fraction of sp³-hybridized carbons (Fsp3) is 0.423. The van der Waals surface area contributed by atoms with Crippen molar-refractivity contribution in [3.63, 3.8) is 0 Å². The number of para-hydroxylation sites is 1. The number of fused-ring (bicyclic) bond motifs is 3.